The van der Waals surface area contributed by atoms with Crippen molar-refractivity contribution in [2.75, 3.05) is 11.9 Å². The van der Waals surface area contributed by atoms with Crippen LogP contribution in [0.15, 0.2) is 12.1 Å². The summed E-state index contributed by atoms with van der Waals surface area (Å²) in [5.41, 5.74) is 1.58. The fraction of sp³-hybridized carbons (Fsp3) is 0.533. The summed E-state index contributed by atoms with van der Waals surface area (Å²) in [7, 11) is 0. The third-order valence-electron chi connectivity index (χ3n) is 4.15. The molecule has 0 atom stereocenters. The number of benzene rings is 1. The Balaban J connectivity index is 1.78. The highest BCUT2D eigenvalue weighted by molar-refractivity contribution is 7.18. The molecule has 0 radical (unpaired) electrons. The van der Waals surface area contributed by atoms with Gasteiger partial charge in [-0.25, -0.2) is 4.98 Å². The van der Waals surface area contributed by atoms with Gasteiger partial charge in [-0.15, -0.1) is 11.3 Å². The zero-order valence-corrected chi connectivity index (χ0v) is 12.9. The van der Waals surface area contributed by atoms with Crippen LogP contribution in [0.5, 0.6) is 0 Å². The number of aromatic nitrogens is 1. The maximum absolute atomic E-state index is 11.2. The number of hydrogen-bond acceptors (Lipinski definition) is 5. The van der Waals surface area contributed by atoms with Gasteiger partial charge in [0, 0.05) is 12.6 Å². The fourth-order valence-electron chi connectivity index (χ4n) is 3.08. The monoisotopic (exact) mass is 305 g/mol. The summed E-state index contributed by atoms with van der Waals surface area (Å²) in [6.07, 6.45) is 6.34. The van der Waals surface area contributed by atoms with Crippen molar-refractivity contribution in [2.45, 2.75) is 39.0 Å². The van der Waals surface area contributed by atoms with Crippen molar-refractivity contribution in [1.29, 1.82) is 0 Å². The molecule has 1 aromatic heterocycles. The van der Waals surface area contributed by atoms with Crippen molar-refractivity contribution in [3.63, 3.8) is 0 Å². The molecule has 5 nitrogen and oxygen atoms in total. The van der Waals surface area contributed by atoms with Crippen LogP contribution in [0.4, 0.5) is 11.4 Å². The number of rotatable bonds is 5. The van der Waals surface area contributed by atoms with Crippen LogP contribution in [-0.2, 0) is 0 Å². The lowest BCUT2D eigenvalue weighted by Gasteiger charge is -2.11. The van der Waals surface area contributed by atoms with Gasteiger partial charge in [0.1, 0.15) is 5.69 Å². The van der Waals surface area contributed by atoms with Crippen LogP contribution in [0.2, 0.25) is 0 Å². The number of nitrogens with zero attached hydrogens (tertiary/aromatic N) is 2. The molecule has 1 aliphatic rings. The molecule has 0 unspecified atom stereocenters. The molecule has 0 saturated heterocycles. The first-order chi connectivity index (χ1) is 10.1. The van der Waals surface area contributed by atoms with Gasteiger partial charge in [0.2, 0.25) is 0 Å². The summed E-state index contributed by atoms with van der Waals surface area (Å²) in [4.78, 5) is 15.3. The highest BCUT2D eigenvalue weighted by Gasteiger charge is 2.18. The van der Waals surface area contributed by atoms with Gasteiger partial charge in [-0.2, -0.15) is 0 Å². The number of nitro groups is 1. The van der Waals surface area contributed by atoms with Crippen LogP contribution in [0.25, 0.3) is 10.2 Å². The Labute approximate surface area is 127 Å². The molecule has 2 aromatic rings. The lowest BCUT2D eigenvalue weighted by molar-refractivity contribution is -0.383. The molecule has 0 amide bonds. The highest BCUT2D eigenvalue weighted by Crippen LogP contribution is 2.33. The SMILES string of the molecule is Cc1nc2cc(NCCC3CCCC3)c([N+](=O)[O-])cc2s1. The predicted octanol–water partition coefficient (Wildman–Crippen LogP) is 4.51. The lowest BCUT2D eigenvalue weighted by Crippen LogP contribution is -2.08. The predicted molar refractivity (Wildman–Crippen MR) is 86.1 cm³/mol. The Hall–Kier alpha value is -1.69. The van der Waals surface area contributed by atoms with E-state index in [1.165, 1.54) is 37.0 Å². The van der Waals surface area contributed by atoms with E-state index in [0.717, 1.165) is 34.1 Å². The minimum absolute atomic E-state index is 0.151. The first-order valence-electron chi connectivity index (χ1n) is 7.43. The molecule has 1 saturated carbocycles. The van der Waals surface area contributed by atoms with E-state index in [9.17, 15) is 10.1 Å². The third-order valence-corrected chi connectivity index (χ3v) is 5.09. The Bertz CT molecular complexity index is 662. The molecule has 3 rings (SSSR count). The summed E-state index contributed by atoms with van der Waals surface area (Å²) < 4.78 is 0.876. The summed E-state index contributed by atoms with van der Waals surface area (Å²) >= 11 is 1.49. The first kappa shape index (κ1) is 14.3. The fourth-order valence-corrected chi connectivity index (χ4v) is 3.92. The molecule has 1 aromatic carbocycles. The second kappa shape index (κ2) is 5.97. The minimum atomic E-state index is -0.313. The Morgan fingerprint density at radius 1 is 1.43 bits per heavy atom. The number of nitro benzene ring substituents is 1. The van der Waals surface area contributed by atoms with E-state index in [2.05, 4.69) is 10.3 Å². The molecular weight excluding hydrogens is 286 g/mol. The molecule has 1 N–H and O–H groups in total. The van der Waals surface area contributed by atoms with Crippen LogP contribution in [0.1, 0.15) is 37.1 Å². The Morgan fingerprint density at radius 3 is 2.90 bits per heavy atom. The highest BCUT2D eigenvalue weighted by atomic mass is 32.1. The standard InChI is InChI=1S/C15H19N3O2S/c1-10-17-13-8-12(14(18(19)20)9-15(13)21-10)16-7-6-11-4-2-3-5-11/h8-9,11,16H,2-7H2,1H3. The van der Waals surface area contributed by atoms with Crippen molar-refractivity contribution < 1.29 is 4.92 Å². The van der Waals surface area contributed by atoms with E-state index in [1.54, 1.807) is 6.07 Å². The number of hydrogen-bond donors (Lipinski definition) is 1. The number of nitrogens with one attached hydrogen (secondary N) is 1. The summed E-state index contributed by atoms with van der Waals surface area (Å²) in [6, 6.07) is 3.45. The van der Waals surface area contributed by atoms with Gasteiger partial charge in [-0.05, 0) is 25.3 Å². The molecule has 1 fully saturated rings. The molecule has 21 heavy (non-hydrogen) atoms. The van der Waals surface area contributed by atoms with Gasteiger partial charge in [-0.1, -0.05) is 25.7 Å². The van der Waals surface area contributed by atoms with Crippen molar-refractivity contribution in [3.8, 4) is 0 Å². The molecule has 0 aliphatic heterocycles. The van der Waals surface area contributed by atoms with E-state index in [0.29, 0.717) is 5.69 Å². The Morgan fingerprint density at radius 2 is 2.19 bits per heavy atom. The van der Waals surface area contributed by atoms with Gasteiger partial charge in [0.25, 0.3) is 5.69 Å². The summed E-state index contributed by atoms with van der Waals surface area (Å²) in [5, 5.41) is 15.4. The first-order valence-corrected chi connectivity index (χ1v) is 8.24. The Kier molecular flexibility index (Phi) is 4.05. The molecule has 1 aliphatic carbocycles. The molecular formula is C15H19N3O2S. The van der Waals surface area contributed by atoms with Gasteiger partial charge in [-0.3, -0.25) is 10.1 Å². The van der Waals surface area contributed by atoms with Crippen LogP contribution >= 0.6 is 11.3 Å². The van der Waals surface area contributed by atoms with Gasteiger partial charge in [0.05, 0.1) is 20.1 Å². The quantitative estimate of drug-likeness (QED) is 0.652. The summed E-state index contributed by atoms with van der Waals surface area (Å²) in [5.74, 6) is 0.779. The van der Waals surface area contributed by atoms with Crippen LogP contribution in [0, 0.1) is 23.0 Å². The largest absolute Gasteiger partial charge is 0.379 e. The average Bonchev–Trinajstić information content (AvgIpc) is 3.05. The van der Waals surface area contributed by atoms with Gasteiger partial charge in [0.15, 0.2) is 0 Å². The van der Waals surface area contributed by atoms with E-state index in [4.69, 9.17) is 0 Å². The van der Waals surface area contributed by atoms with Crippen molar-refractivity contribution in [3.05, 3.63) is 27.3 Å². The van der Waals surface area contributed by atoms with Crippen molar-refractivity contribution in [2.24, 2.45) is 5.92 Å². The maximum Gasteiger partial charge on any atom is 0.293 e. The van der Waals surface area contributed by atoms with E-state index in [-0.39, 0.29) is 10.6 Å². The minimum Gasteiger partial charge on any atom is -0.379 e. The zero-order valence-electron chi connectivity index (χ0n) is 12.1. The molecule has 0 spiro atoms. The number of fused-ring (bicyclic) bond motifs is 1. The van der Waals surface area contributed by atoms with Crippen molar-refractivity contribution in [1.82, 2.24) is 4.98 Å². The second-order valence-corrected chi connectivity index (χ2v) is 6.93. The third kappa shape index (κ3) is 3.15. The summed E-state index contributed by atoms with van der Waals surface area (Å²) in [6.45, 7) is 2.71. The number of aryl methyl sites for hydroxylation is 1. The molecule has 0 bridgehead atoms. The molecule has 1 heterocycles. The topological polar surface area (TPSA) is 68.1 Å². The van der Waals surface area contributed by atoms with Crippen LogP contribution in [0.3, 0.4) is 0 Å². The van der Waals surface area contributed by atoms with E-state index < -0.39 is 0 Å². The smallest absolute Gasteiger partial charge is 0.293 e. The van der Waals surface area contributed by atoms with Crippen LogP contribution in [-0.4, -0.2) is 16.5 Å². The van der Waals surface area contributed by atoms with E-state index >= 15 is 0 Å². The second-order valence-electron chi connectivity index (χ2n) is 5.69. The molecule has 112 valence electrons. The molecule has 6 heteroatoms. The van der Waals surface area contributed by atoms with Gasteiger partial charge >= 0.3 is 0 Å². The zero-order chi connectivity index (χ0) is 14.8. The number of thiazole rings is 1. The van der Waals surface area contributed by atoms with Crippen LogP contribution < -0.4 is 5.32 Å². The van der Waals surface area contributed by atoms with E-state index in [1.807, 2.05) is 13.0 Å². The maximum atomic E-state index is 11.2. The number of anilines is 1. The van der Waals surface area contributed by atoms with Gasteiger partial charge < -0.3 is 5.32 Å². The average molecular weight is 305 g/mol. The normalized spacial score (nSPS) is 15.7. The van der Waals surface area contributed by atoms with Crippen molar-refractivity contribution >= 4 is 32.9 Å². The lowest BCUT2D eigenvalue weighted by atomic mass is 10.0.